The smallest absolute Gasteiger partial charge is 0.0878 e. The molecule has 5 nitrogen and oxygen atoms in total. The van der Waals surface area contributed by atoms with Crippen LogP contribution in [0.25, 0.3) is 27.8 Å². The molecule has 40 heavy (non-hydrogen) atoms. The number of H-pyrrole nitrogens is 1. The molecule has 1 atom stereocenters. The highest BCUT2D eigenvalue weighted by Gasteiger charge is 2.49. The molecule has 1 aliphatic heterocycles. The van der Waals surface area contributed by atoms with Crippen molar-refractivity contribution >= 4 is 10.9 Å². The van der Waals surface area contributed by atoms with Gasteiger partial charge in [-0.15, -0.1) is 0 Å². The summed E-state index contributed by atoms with van der Waals surface area (Å²) in [6.45, 7) is 13.5. The Morgan fingerprint density at radius 2 is 1.65 bits per heavy atom. The number of nitrogens with one attached hydrogen (secondary N) is 1. The number of aryl methyl sites for hydroxylation is 2. The van der Waals surface area contributed by atoms with Crippen molar-refractivity contribution in [1.29, 1.82) is 0 Å². The van der Waals surface area contributed by atoms with Gasteiger partial charge in [0.2, 0.25) is 0 Å². The highest BCUT2D eigenvalue weighted by molar-refractivity contribution is 5.85. The van der Waals surface area contributed by atoms with E-state index in [2.05, 4.69) is 109 Å². The summed E-state index contributed by atoms with van der Waals surface area (Å²) in [5, 5.41) is 18.2. The highest BCUT2D eigenvalue weighted by atomic mass is 16.3. The predicted octanol–water partition coefficient (Wildman–Crippen LogP) is 7.71. The molecule has 0 amide bonds. The second-order valence-electron chi connectivity index (χ2n) is 12.2. The fraction of sp³-hybridized carbons (Fsp3) is 0.343. The Labute approximate surface area is 237 Å². The summed E-state index contributed by atoms with van der Waals surface area (Å²) in [7, 11) is 0. The van der Waals surface area contributed by atoms with Crippen LogP contribution in [-0.2, 0) is 24.9 Å². The maximum Gasteiger partial charge on any atom is 0.0878 e. The molecule has 0 aliphatic carbocycles. The van der Waals surface area contributed by atoms with Gasteiger partial charge in [-0.1, -0.05) is 68.4 Å². The molecule has 2 N–H and O–H groups in total. The molecule has 3 heterocycles. The van der Waals surface area contributed by atoms with Gasteiger partial charge in [-0.2, -0.15) is 5.10 Å². The zero-order chi connectivity index (χ0) is 28.2. The summed E-state index contributed by atoms with van der Waals surface area (Å²) in [6.07, 6.45) is 3.87. The molecular formula is C35H40N4O. The minimum Gasteiger partial charge on any atom is -0.388 e. The molecule has 0 spiro atoms. The van der Waals surface area contributed by atoms with Crippen LogP contribution in [0.3, 0.4) is 0 Å². The summed E-state index contributed by atoms with van der Waals surface area (Å²) >= 11 is 0. The zero-order valence-electron chi connectivity index (χ0n) is 24.5. The van der Waals surface area contributed by atoms with E-state index in [1.807, 2.05) is 26.1 Å². The van der Waals surface area contributed by atoms with E-state index in [-0.39, 0.29) is 6.04 Å². The molecule has 6 rings (SSSR count). The lowest BCUT2D eigenvalue weighted by atomic mass is 9.87. The monoisotopic (exact) mass is 532 g/mol. The maximum atomic E-state index is 11.5. The molecule has 5 heteroatoms. The van der Waals surface area contributed by atoms with Gasteiger partial charge in [0.05, 0.1) is 34.3 Å². The van der Waals surface area contributed by atoms with E-state index in [1.54, 1.807) is 0 Å². The molecule has 2 aromatic heterocycles. The van der Waals surface area contributed by atoms with Gasteiger partial charge in [0, 0.05) is 34.8 Å². The van der Waals surface area contributed by atoms with Crippen molar-refractivity contribution in [3.63, 3.8) is 0 Å². The third kappa shape index (κ3) is 4.20. The number of benzene rings is 3. The zero-order valence-corrected chi connectivity index (χ0v) is 24.5. The van der Waals surface area contributed by atoms with Gasteiger partial charge in [-0.05, 0) is 75.4 Å². The summed E-state index contributed by atoms with van der Waals surface area (Å²) < 4.78 is 2.23. The quantitative estimate of drug-likeness (QED) is 0.226. The highest BCUT2D eigenvalue weighted by Crippen LogP contribution is 2.50. The van der Waals surface area contributed by atoms with Crippen LogP contribution in [0.2, 0.25) is 0 Å². The largest absolute Gasteiger partial charge is 0.388 e. The van der Waals surface area contributed by atoms with Crippen LogP contribution in [0.5, 0.6) is 0 Å². The third-order valence-corrected chi connectivity index (χ3v) is 8.71. The van der Waals surface area contributed by atoms with Crippen LogP contribution in [-0.4, -0.2) is 30.4 Å². The van der Waals surface area contributed by atoms with Crippen molar-refractivity contribution < 1.29 is 5.11 Å². The number of aromatic amines is 1. The number of aliphatic hydroxyl groups is 1. The SMILES string of the molecule is CCc1cccc(CC)c1-n1nc2c(c1-c1ccc3[nH]ccc3c1)CN(C(c1ccccc1)C(C)(C)O)C2(C)C. The number of hydrogen-bond donors (Lipinski definition) is 2. The molecule has 206 valence electrons. The number of rotatable bonds is 7. The molecule has 0 saturated heterocycles. The standard InChI is InChI=1S/C35H40N4O/c1-7-23-15-12-16-24(8-2)30(23)39-31(27-17-18-29-26(21-27)19-20-36-29)28-22-38(34(3,4)32(28)37-39)33(35(5,6)40)25-13-10-9-11-14-25/h9-21,33,36,40H,7-8,22H2,1-6H3. The summed E-state index contributed by atoms with van der Waals surface area (Å²) in [5.41, 5.74) is 9.31. The van der Waals surface area contributed by atoms with E-state index in [0.717, 1.165) is 40.9 Å². The summed E-state index contributed by atoms with van der Waals surface area (Å²) in [4.78, 5) is 5.78. The van der Waals surface area contributed by atoms with Crippen molar-refractivity contribution in [2.45, 2.75) is 78.1 Å². The first-order valence-corrected chi connectivity index (χ1v) is 14.5. The molecule has 5 aromatic rings. The van der Waals surface area contributed by atoms with Gasteiger partial charge in [-0.25, -0.2) is 4.68 Å². The summed E-state index contributed by atoms with van der Waals surface area (Å²) in [5.74, 6) is 0. The molecule has 1 aliphatic rings. The van der Waals surface area contributed by atoms with Crippen LogP contribution in [0.4, 0.5) is 0 Å². The van der Waals surface area contributed by atoms with Gasteiger partial charge in [-0.3, -0.25) is 4.90 Å². The van der Waals surface area contributed by atoms with Crippen LogP contribution >= 0.6 is 0 Å². The number of fused-ring (bicyclic) bond motifs is 2. The number of hydrogen-bond acceptors (Lipinski definition) is 3. The van der Waals surface area contributed by atoms with Gasteiger partial charge in [0.25, 0.3) is 0 Å². The van der Waals surface area contributed by atoms with E-state index in [1.165, 1.54) is 27.8 Å². The first-order valence-electron chi connectivity index (χ1n) is 14.5. The van der Waals surface area contributed by atoms with Gasteiger partial charge >= 0.3 is 0 Å². The Bertz CT molecular complexity index is 1650. The van der Waals surface area contributed by atoms with Crippen LogP contribution < -0.4 is 0 Å². The van der Waals surface area contributed by atoms with Crippen LogP contribution in [0, 0.1) is 0 Å². The second kappa shape index (κ2) is 9.76. The van der Waals surface area contributed by atoms with Crippen molar-refractivity contribution in [2.24, 2.45) is 0 Å². The first kappa shape index (κ1) is 26.5. The maximum absolute atomic E-state index is 11.5. The normalized spacial score (nSPS) is 16.0. The molecule has 0 bridgehead atoms. The Balaban J connectivity index is 1.60. The molecule has 3 aromatic carbocycles. The molecule has 1 unspecified atom stereocenters. The Morgan fingerprint density at radius 1 is 0.950 bits per heavy atom. The van der Waals surface area contributed by atoms with E-state index < -0.39 is 11.1 Å². The van der Waals surface area contributed by atoms with E-state index >= 15 is 0 Å². The number of aromatic nitrogens is 3. The van der Waals surface area contributed by atoms with Gasteiger partial charge < -0.3 is 10.1 Å². The molecule has 0 fully saturated rings. The van der Waals surface area contributed by atoms with Gasteiger partial charge in [0.1, 0.15) is 0 Å². The van der Waals surface area contributed by atoms with E-state index in [9.17, 15) is 5.11 Å². The molecule has 0 saturated carbocycles. The second-order valence-corrected chi connectivity index (χ2v) is 12.2. The third-order valence-electron chi connectivity index (χ3n) is 8.71. The molecular weight excluding hydrogens is 492 g/mol. The van der Waals surface area contributed by atoms with Crippen molar-refractivity contribution in [3.8, 4) is 16.9 Å². The van der Waals surface area contributed by atoms with Crippen molar-refractivity contribution in [1.82, 2.24) is 19.7 Å². The van der Waals surface area contributed by atoms with Crippen LogP contribution in [0.1, 0.15) is 75.5 Å². The lowest BCUT2D eigenvalue weighted by molar-refractivity contribution is -0.0594. The lowest BCUT2D eigenvalue weighted by Gasteiger charge is -2.44. The average molecular weight is 533 g/mol. The average Bonchev–Trinajstić information content (AvgIpc) is 3.62. The number of nitrogens with zero attached hydrogens (tertiary/aromatic N) is 3. The van der Waals surface area contributed by atoms with Gasteiger partial charge in [0.15, 0.2) is 0 Å². The lowest BCUT2D eigenvalue weighted by Crippen LogP contribution is -2.47. The fourth-order valence-electron chi connectivity index (χ4n) is 6.76. The molecule has 0 radical (unpaired) electrons. The first-order chi connectivity index (χ1) is 19.1. The predicted molar refractivity (Wildman–Crippen MR) is 164 cm³/mol. The van der Waals surface area contributed by atoms with Crippen molar-refractivity contribution in [3.05, 3.63) is 107 Å². The number of para-hydroxylation sites is 1. The Kier molecular flexibility index (Phi) is 6.47. The topological polar surface area (TPSA) is 57.1 Å². The Hall–Kier alpha value is -3.67. The van der Waals surface area contributed by atoms with E-state index in [4.69, 9.17) is 5.10 Å². The minimum atomic E-state index is -0.952. The summed E-state index contributed by atoms with van der Waals surface area (Å²) in [6, 6.07) is 25.6. The Morgan fingerprint density at radius 3 is 2.30 bits per heavy atom. The van der Waals surface area contributed by atoms with Crippen molar-refractivity contribution in [2.75, 3.05) is 0 Å². The van der Waals surface area contributed by atoms with E-state index in [0.29, 0.717) is 6.54 Å². The fourth-order valence-corrected chi connectivity index (χ4v) is 6.76. The minimum absolute atomic E-state index is 0.194. The van der Waals surface area contributed by atoms with Crippen LogP contribution in [0.15, 0.2) is 79.0 Å².